The van der Waals surface area contributed by atoms with E-state index in [1.807, 2.05) is 25.1 Å². The van der Waals surface area contributed by atoms with Gasteiger partial charge in [0, 0.05) is 4.70 Å². The van der Waals surface area contributed by atoms with Crippen LogP contribution < -0.4 is 10.5 Å². The quantitative estimate of drug-likeness (QED) is 0.700. The van der Waals surface area contributed by atoms with Crippen LogP contribution in [-0.2, 0) is 0 Å². The van der Waals surface area contributed by atoms with Crippen molar-refractivity contribution in [3.05, 3.63) is 63.4 Å². The van der Waals surface area contributed by atoms with Crippen LogP contribution in [0, 0.1) is 0 Å². The molecule has 0 saturated carbocycles. The predicted molar refractivity (Wildman–Crippen MR) is 93.2 cm³/mol. The molecule has 0 spiro atoms. The maximum Gasteiger partial charge on any atom is 0.133 e. The first-order chi connectivity index (χ1) is 10.2. The summed E-state index contributed by atoms with van der Waals surface area (Å²) in [5, 5.41) is 3.39. The van der Waals surface area contributed by atoms with E-state index in [-0.39, 0.29) is 6.04 Å². The largest absolute Gasteiger partial charge is 0.493 e. The summed E-state index contributed by atoms with van der Waals surface area (Å²) in [6.07, 6.45) is 0. The third-order valence-corrected chi connectivity index (χ3v) is 5.06. The summed E-state index contributed by atoms with van der Waals surface area (Å²) in [5.41, 5.74) is 8.72. The number of nitrogens with two attached hydrogens (primary N) is 1. The van der Waals surface area contributed by atoms with Gasteiger partial charge >= 0.3 is 0 Å². The number of hydrogen-bond acceptors (Lipinski definition) is 3. The highest BCUT2D eigenvalue weighted by atomic mass is 79.9. The molecule has 3 aromatic rings. The highest BCUT2D eigenvalue weighted by molar-refractivity contribution is 9.10. The summed E-state index contributed by atoms with van der Waals surface area (Å²) in [6.45, 7) is 2.63. The average Bonchev–Trinajstić information content (AvgIpc) is 2.93. The van der Waals surface area contributed by atoms with Gasteiger partial charge in [0.05, 0.1) is 17.1 Å². The van der Waals surface area contributed by atoms with E-state index in [4.69, 9.17) is 10.5 Å². The number of rotatable bonds is 4. The lowest BCUT2D eigenvalue weighted by Crippen LogP contribution is -2.11. The molecule has 1 atom stereocenters. The number of hydrogen-bond donors (Lipinski definition) is 1. The average molecular weight is 362 g/mol. The number of fused-ring (bicyclic) bond motifs is 1. The molecular weight excluding hydrogens is 346 g/mol. The van der Waals surface area contributed by atoms with E-state index >= 15 is 0 Å². The molecule has 0 aliphatic heterocycles. The van der Waals surface area contributed by atoms with Gasteiger partial charge in [0.15, 0.2) is 0 Å². The molecule has 1 aromatic heterocycles. The van der Waals surface area contributed by atoms with Crippen LogP contribution in [0.3, 0.4) is 0 Å². The van der Waals surface area contributed by atoms with Crippen LogP contribution in [0.1, 0.15) is 24.1 Å². The van der Waals surface area contributed by atoms with Gasteiger partial charge in [-0.25, -0.2) is 0 Å². The zero-order valence-electron chi connectivity index (χ0n) is 11.7. The molecule has 1 unspecified atom stereocenters. The predicted octanol–water partition coefficient (Wildman–Crippen LogP) is 5.11. The summed E-state index contributed by atoms with van der Waals surface area (Å²) in [7, 11) is 0. The SMILES string of the molecule is CCOc1ccc(C(N)c2csc3ccccc23)cc1Br. The van der Waals surface area contributed by atoms with Crippen LogP contribution >= 0.6 is 27.3 Å². The molecule has 4 heteroatoms. The highest BCUT2D eigenvalue weighted by Crippen LogP contribution is 2.34. The van der Waals surface area contributed by atoms with E-state index in [1.54, 1.807) is 11.3 Å². The van der Waals surface area contributed by atoms with Crippen molar-refractivity contribution in [3.63, 3.8) is 0 Å². The minimum absolute atomic E-state index is 0.131. The van der Waals surface area contributed by atoms with Crippen molar-refractivity contribution in [1.82, 2.24) is 0 Å². The molecule has 2 aromatic carbocycles. The minimum atomic E-state index is -0.131. The Balaban J connectivity index is 1.98. The summed E-state index contributed by atoms with van der Waals surface area (Å²) in [6, 6.07) is 14.3. The summed E-state index contributed by atoms with van der Waals surface area (Å²) >= 11 is 5.29. The van der Waals surface area contributed by atoms with Gasteiger partial charge < -0.3 is 10.5 Å². The van der Waals surface area contributed by atoms with Crippen LogP contribution in [0.25, 0.3) is 10.1 Å². The van der Waals surface area contributed by atoms with E-state index in [2.05, 4.69) is 45.6 Å². The number of ether oxygens (including phenoxy) is 1. The molecule has 21 heavy (non-hydrogen) atoms. The van der Waals surface area contributed by atoms with E-state index < -0.39 is 0 Å². The third-order valence-electron chi connectivity index (χ3n) is 3.46. The Morgan fingerprint density at radius 3 is 2.81 bits per heavy atom. The molecule has 0 amide bonds. The van der Waals surface area contributed by atoms with Gasteiger partial charge in [-0.2, -0.15) is 0 Å². The van der Waals surface area contributed by atoms with E-state index in [0.29, 0.717) is 6.61 Å². The summed E-state index contributed by atoms with van der Waals surface area (Å²) < 4.78 is 7.76. The third kappa shape index (κ3) is 2.84. The number of halogens is 1. The van der Waals surface area contributed by atoms with Gasteiger partial charge in [-0.3, -0.25) is 0 Å². The Kier molecular flexibility index (Phi) is 4.29. The van der Waals surface area contributed by atoms with Crippen LogP contribution in [-0.4, -0.2) is 6.61 Å². The van der Waals surface area contributed by atoms with Gasteiger partial charge in [0.2, 0.25) is 0 Å². The summed E-state index contributed by atoms with van der Waals surface area (Å²) in [4.78, 5) is 0. The molecule has 0 saturated heterocycles. The van der Waals surface area contributed by atoms with Crippen LogP contribution in [0.2, 0.25) is 0 Å². The Labute approximate surface area is 136 Å². The topological polar surface area (TPSA) is 35.2 Å². The molecule has 2 N–H and O–H groups in total. The standard InChI is InChI=1S/C17H16BrNOS/c1-2-20-15-8-7-11(9-14(15)18)17(19)13-10-21-16-6-4-3-5-12(13)16/h3-10,17H,2,19H2,1H3. The van der Waals surface area contributed by atoms with Crippen molar-refractivity contribution in [2.24, 2.45) is 5.73 Å². The minimum Gasteiger partial charge on any atom is -0.493 e. The Morgan fingerprint density at radius 1 is 1.24 bits per heavy atom. The van der Waals surface area contributed by atoms with Crippen molar-refractivity contribution in [2.75, 3.05) is 6.61 Å². The van der Waals surface area contributed by atoms with E-state index in [9.17, 15) is 0 Å². The summed E-state index contributed by atoms with van der Waals surface area (Å²) in [5.74, 6) is 0.851. The van der Waals surface area contributed by atoms with Gasteiger partial charge in [-0.1, -0.05) is 24.3 Å². The first-order valence-electron chi connectivity index (χ1n) is 6.84. The number of thiophene rings is 1. The second-order valence-corrected chi connectivity index (χ2v) is 6.55. The molecule has 0 fully saturated rings. The fourth-order valence-electron chi connectivity index (χ4n) is 2.40. The van der Waals surface area contributed by atoms with Crippen LogP contribution in [0.15, 0.2) is 52.3 Å². The highest BCUT2D eigenvalue weighted by Gasteiger charge is 2.15. The molecule has 0 radical (unpaired) electrons. The first kappa shape index (κ1) is 14.6. The Morgan fingerprint density at radius 2 is 2.05 bits per heavy atom. The van der Waals surface area contributed by atoms with Gasteiger partial charge in [-0.05, 0) is 62.9 Å². The van der Waals surface area contributed by atoms with E-state index in [1.165, 1.54) is 15.6 Å². The zero-order chi connectivity index (χ0) is 14.8. The molecule has 3 rings (SSSR count). The fourth-order valence-corrected chi connectivity index (χ4v) is 3.91. The fraction of sp³-hybridized carbons (Fsp3) is 0.176. The van der Waals surface area contributed by atoms with Gasteiger partial charge in [0.1, 0.15) is 5.75 Å². The van der Waals surface area contributed by atoms with Crippen molar-refractivity contribution >= 4 is 37.4 Å². The first-order valence-corrected chi connectivity index (χ1v) is 8.52. The molecule has 0 bridgehead atoms. The molecule has 108 valence electrons. The molecule has 1 heterocycles. The van der Waals surface area contributed by atoms with Crippen molar-refractivity contribution < 1.29 is 4.74 Å². The van der Waals surface area contributed by atoms with E-state index in [0.717, 1.165) is 15.8 Å². The Bertz CT molecular complexity index is 768. The maximum absolute atomic E-state index is 6.46. The lowest BCUT2D eigenvalue weighted by Gasteiger charge is -2.14. The lowest BCUT2D eigenvalue weighted by molar-refractivity contribution is 0.338. The van der Waals surface area contributed by atoms with Crippen molar-refractivity contribution in [2.45, 2.75) is 13.0 Å². The second-order valence-electron chi connectivity index (χ2n) is 4.79. The maximum atomic E-state index is 6.46. The Hall–Kier alpha value is -1.36. The zero-order valence-corrected chi connectivity index (χ0v) is 14.1. The molecule has 0 aliphatic rings. The van der Waals surface area contributed by atoms with Crippen LogP contribution in [0.4, 0.5) is 0 Å². The normalized spacial score (nSPS) is 12.5. The molecule has 0 aliphatic carbocycles. The lowest BCUT2D eigenvalue weighted by atomic mass is 9.99. The molecular formula is C17H16BrNOS. The van der Waals surface area contributed by atoms with Gasteiger partial charge in [0.25, 0.3) is 0 Å². The smallest absolute Gasteiger partial charge is 0.133 e. The van der Waals surface area contributed by atoms with Gasteiger partial charge in [-0.15, -0.1) is 11.3 Å². The monoisotopic (exact) mass is 361 g/mol. The molecule has 2 nitrogen and oxygen atoms in total. The number of benzene rings is 2. The van der Waals surface area contributed by atoms with Crippen molar-refractivity contribution in [3.8, 4) is 5.75 Å². The second kappa shape index (κ2) is 6.18. The van der Waals surface area contributed by atoms with Crippen molar-refractivity contribution in [1.29, 1.82) is 0 Å². The van der Waals surface area contributed by atoms with Crippen LogP contribution in [0.5, 0.6) is 5.75 Å².